The van der Waals surface area contributed by atoms with Crippen molar-refractivity contribution in [1.29, 1.82) is 0 Å². The fraction of sp³-hybridized carbons (Fsp3) is 0.0769. The minimum Gasteiger partial charge on any atom is -0.320 e. The van der Waals surface area contributed by atoms with Gasteiger partial charge in [0.2, 0.25) is 0 Å². The van der Waals surface area contributed by atoms with E-state index in [1.807, 2.05) is 0 Å². The van der Waals surface area contributed by atoms with E-state index in [0.29, 0.717) is 15.1 Å². The van der Waals surface area contributed by atoms with Crippen LogP contribution in [0.25, 0.3) is 0 Å². The lowest BCUT2D eigenvalue weighted by Gasteiger charge is -2.15. The van der Waals surface area contributed by atoms with Crippen molar-refractivity contribution in [3.8, 4) is 0 Å². The predicted octanol–water partition coefficient (Wildman–Crippen LogP) is 4.43. The monoisotopic (exact) mass is 331 g/mol. The van der Waals surface area contributed by atoms with E-state index >= 15 is 0 Å². The van der Waals surface area contributed by atoms with Crippen molar-refractivity contribution in [2.24, 2.45) is 5.73 Å². The second kappa shape index (κ2) is 5.34. The highest BCUT2D eigenvalue weighted by Crippen LogP contribution is 2.30. The number of halogens is 4. The van der Waals surface area contributed by atoms with Gasteiger partial charge in [0, 0.05) is 15.1 Å². The SMILES string of the molecule is NC(c1cc(F)ccc1F)c1cc(Cl)ccc1Br. The van der Waals surface area contributed by atoms with Crippen LogP contribution < -0.4 is 5.73 Å². The van der Waals surface area contributed by atoms with Crippen molar-refractivity contribution < 1.29 is 8.78 Å². The van der Waals surface area contributed by atoms with Crippen molar-refractivity contribution in [3.63, 3.8) is 0 Å². The Morgan fingerprint density at radius 3 is 2.50 bits per heavy atom. The highest BCUT2D eigenvalue weighted by molar-refractivity contribution is 9.10. The summed E-state index contributed by atoms with van der Waals surface area (Å²) in [6.45, 7) is 0. The molecule has 5 heteroatoms. The average molecular weight is 333 g/mol. The molecule has 0 radical (unpaired) electrons. The lowest BCUT2D eigenvalue weighted by Crippen LogP contribution is -2.14. The summed E-state index contributed by atoms with van der Waals surface area (Å²) < 4.78 is 27.5. The molecule has 0 spiro atoms. The number of hydrogen-bond donors (Lipinski definition) is 1. The van der Waals surface area contributed by atoms with Crippen molar-refractivity contribution in [3.05, 3.63) is 68.7 Å². The summed E-state index contributed by atoms with van der Waals surface area (Å²) in [5.74, 6) is -1.07. The summed E-state index contributed by atoms with van der Waals surface area (Å²) in [4.78, 5) is 0. The summed E-state index contributed by atoms with van der Waals surface area (Å²) in [6.07, 6.45) is 0. The molecule has 0 saturated heterocycles. The van der Waals surface area contributed by atoms with Crippen LogP contribution in [0.5, 0.6) is 0 Å². The molecule has 0 fully saturated rings. The summed E-state index contributed by atoms with van der Waals surface area (Å²) >= 11 is 9.19. The Kier molecular flexibility index (Phi) is 4.00. The second-order valence-corrected chi connectivity index (χ2v) is 5.10. The van der Waals surface area contributed by atoms with Crippen LogP contribution in [0, 0.1) is 11.6 Å². The molecule has 18 heavy (non-hydrogen) atoms. The fourth-order valence-corrected chi connectivity index (χ4v) is 2.35. The second-order valence-electron chi connectivity index (χ2n) is 3.81. The van der Waals surface area contributed by atoms with E-state index in [9.17, 15) is 8.78 Å². The number of hydrogen-bond acceptors (Lipinski definition) is 1. The van der Waals surface area contributed by atoms with Crippen LogP contribution in [0.4, 0.5) is 8.78 Å². The molecule has 0 heterocycles. The molecule has 1 nitrogen and oxygen atoms in total. The zero-order valence-electron chi connectivity index (χ0n) is 9.13. The van der Waals surface area contributed by atoms with Crippen LogP contribution in [-0.4, -0.2) is 0 Å². The van der Waals surface area contributed by atoms with Gasteiger partial charge in [-0.2, -0.15) is 0 Å². The van der Waals surface area contributed by atoms with Gasteiger partial charge in [0.05, 0.1) is 6.04 Å². The first kappa shape index (κ1) is 13.5. The van der Waals surface area contributed by atoms with E-state index in [2.05, 4.69) is 15.9 Å². The lowest BCUT2D eigenvalue weighted by atomic mass is 9.99. The maximum Gasteiger partial charge on any atom is 0.128 e. The van der Waals surface area contributed by atoms with Crippen LogP contribution in [0.1, 0.15) is 17.2 Å². The molecule has 94 valence electrons. The Morgan fingerprint density at radius 1 is 1.06 bits per heavy atom. The van der Waals surface area contributed by atoms with E-state index in [4.69, 9.17) is 17.3 Å². The summed E-state index contributed by atoms with van der Waals surface area (Å²) in [5.41, 5.74) is 6.66. The number of nitrogens with two attached hydrogens (primary N) is 1. The van der Waals surface area contributed by atoms with E-state index in [0.717, 1.165) is 18.2 Å². The predicted molar refractivity (Wildman–Crippen MR) is 71.5 cm³/mol. The molecule has 0 amide bonds. The zero-order valence-corrected chi connectivity index (χ0v) is 11.5. The van der Waals surface area contributed by atoms with Gasteiger partial charge in [0.25, 0.3) is 0 Å². The molecule has 2 N–H and O–H groups in total. The first-order chi connectivity index (χ1) is 8.49. The Labute approximate surface area is 117 Å². The van der Waals surface area contributed by atoms with Crippen LogP contribution in [0.15, 0.2) is 40.9 Å². The van der Waals surface area contributed by atoms with Gasteiger partial charge in [-0.1, -0.05) is 27.5 Å². The Morgan fingerprint density at radius 2 is 1.78 bits per heavy atom. The summed E-state index contributed by atoms with van der Waals surface area (Å²) in [5, 5.41) is 0.487. The summed E-state index contributed by atoms with van der Waals surface area (Å²) in [6, 6.07) is 7.45. The molecular weight excluding hydrogens is 324 g/mol. The highest BCUT2D eigenvalue weighted by atomic mass is 79.9. The van der Waals surface area contributed by atoms with Gasteiger partial charge in [-0.3, -0.25) is 0 Å². The molecule has 0 saturated carbocycles. The minimum atomic E-state index is -0.784. The molecule has 0 aliphatic carbocycles. The van der Waals surface area contributed by atoms with Gasteiger partial charge in [0.1, 0.15) is 11.6 Å². The van der Waals surface area contributed by atoms with Gasteiger partial charge >= 0.3 is 0 Å². The fourth-order valence-electron chi connectivity index (χ4n) is 1.67. The topological polar surface area (TPSA) is 26.0 Å². The first-order valence-corrected chi connectivity index (χ1v) is 6.31. The molecular formula is C13H9BrClF2N. The van der Waals surface area contributed by atoms with Crippen LogP contribution in [0.3, 0.4) is 0 Å². The molecule has 1 atom stereocenters. The third kappa shape index (κ3) is 2.71. The molecule has 0 aromatic heterocycles. The molecule has 0 aliphatic rings. The van der Waals surface area contributed by atoms with Gasteiger partial charge < -0.3 is 5.73 Å². The van der Waals surface area contributed by atoms with E-state index in [-0.39, 0.29) is 5.56 Å². The van der Waals surface area contributed by atoms with Gasteiger partial charge in [-0.15, -0.1) is 0 Å². The number of benzene rings is 2. The normalized spacial score (nSPS) is 12.5. The van der Waals surface area contributed by atoms with Gasteiger partial charge in [-0.25, -0.2) is 8.78 Å². The Balaban J connectivity index is 2.50. The van der Waals surface area contributed by atoms with E-state index < -0.39 is 17.7 Å². The van der Waals surface area contributed by atoms with Crippen molar-refractivity contribution >= 4 is 27.5 Å². The molecule has 1 unspecified atom stereocenters. The van der Waals surface area contributed by atoms with Gasteiger partial charge in [-0.05, 0) is 42.0 Å². The Bertz CT molecular complexity index is 538. The maximum absolute atomic E-state index is 13.6. The standard InChI is InChI=1S/C13H9BrClF2N/c14-11-3-1-7(15)5-9(11)13(18)10-6-8(16)2-4-12(10)17/h1-6,13H,18H2. The maximum atomic E-state index is 13.6. The molecule has 0 aliphatic heterocycles. The smallest absolute Gasteiger partial charge is 0.128 e. The third-order valence-corrected chi connectivity index (χ3v) is 3.54. The summed E-state index contributed by atoms with van der Waals surface area (Å²) in [7, 11) is 0. The van der Waals surface area contributed by atoms with E-state index in [1.54, 1.807) is 18.2 Å². The quantitative estimate of drug-likeness (QED) is 0.865. The molecule has 2 aromatic rings. The molecule has 2 rings (SSSR count). The first-order valence-electron chi connectivity index (χ1n) is 5.14. The van der Waals surface area contributed by atoms with Crippen LogP contribution >= 0.6 is 27.5 Å². The Hall–Kier alpha value is -0.970. The minimum absolute atomic E-state index is 0.0953. The molecule has 2 aromatic carbocycles. The molecule has 0 bridgehead atoms. The lowest BCUT2D eigenvalue weighted by molar-refractivity contribution is 0.576. The van der Waals surface area contributed by atoms with Crippen LogP contribution in [0.2, 0.25) is 5.02 Å². The van der Waals surface area contributed by atoms with E-state index in [1.165, 1.54) is 0 Å². The van der Waals surface area contributed by atoms with Crippen molar-refractivity contribution in [2.45, 2.75) is 6.04 Å². The highest BCUT2D eigenvalue weighted by Gasteiger charge is 2.17. The van der Waals surface area contributed by atoms with Crippen molar-refractivity contribution in [2.75, 3.05) is 0 Å². The van der Waals surface area contributed by atoms with Crippen LogP contribution in [-0.2, 0) is 0 Å². The number of rotatable bonds is 2. The van der Waals surface area contributed by atoms with Gasteiger partial charge in [0.15, 0.2) is 0 Å². The largest absolute Gasteiger partial charge is 0.320 e. The zero-order chi connectivity index (χ0) is 13.3. The average Bonchev–Trinajstić information content (AvgIpc) is 2.34. The van der Waals surface area contributed by atoms with Crippen molar-refractivity contribution in [1.82, 2.24) is 0 Å². The third-order valence-electron chi connectivity index (χ3n) is 2.59.